The number of carbonyl (C=O) groups excluding carboxylic acids is 1. The van der Waals surface area contributed by atoms with E-state index in [1.165, 1.54) is 12.1 Å². The van der Waals surface area contributed by atoms with E-state index in [2.05, 4.69) is 5.32 Å². The predicted molar refractivity (Wildman–Crippen MR) is 66.3 cm³/mol. The molecule has 1 rings (SSSR count). The first-order valence-corrected chi connectivity index (χ1v) is 5.83. The second-order valence-corrected chi connectivity index (χ2v) is 4.08. The van der Waals surface area contributed by atoms with Gasteiger partial charge in [0, 0.05) is 12.8 Å². The van der Waals surface area contributed by atoms with Gasteiger partial charge in [-0.15, -0.1) is 0 Å². The molecule has 0 radical (unpaired) electrons. The number of phenols is 1. The number of carbonyl (C=O) groups is 2. The van der Waals surface area contributed by atoms with Gasteiger partial charge in [-0.3, -0.25) is 4.79 Å². The molecule has 1 amide bonds. The molecule has 1 aromatic carbocycles. The maximum atomic E-state index is 11.4. The molecule has 5 heteroatoms. The highest BCUT2D eigenvalue weighted by Crippen LogP contribution is 2.11. The van der Waals surface area contributed by atoms with E-state index in [1.807, 2.05) is 6.92 Å². The summed E-state index contributed by atoms with van der Waals surface area (Å²) in [6.07, 6.45) is 1.20. The summed E-state index contributed by atoms with van der Waals surface area (Å²) in [5, 5.41) is 20.7. The average molecular weight is 251 g/mol. The Bertz CT molecular complexity index is 414. The molecule has 3 N–H and O–H groups in total. The van der Waals surface area contributed by atoms with Crippen LogP contribution in [-0.2, 0) is 16.0 Å². The van der Waals surface area contributed by atoms with Crippen molar-refractivity contribution in [3.8, 4) is 5.75 Å². The summed E-state index contributed by atoms with van der Waals surface area (Å²) >= 11 is 0. The highest BCUT2D eigenvalue weighted by Gasteiger charge is 2.19. The molecule has 98 valence electrons. The molecule has 5 nitrogen and oxygen atoms in total. The van der Waals surface area contributed by atoms with Crippen LogP contribution in [0.15, 0.2) is 24.3 Å². The number of aromatic hydroxyl groups is 1. The highest BCUT2D eigenvalue weighted by molar-refractivity contribution is 5.83. The maximum absolute atomic E-state index is 11.4. The first kappa shape index (κ1) is 14.0. The van der Waals surface area contributed by atoms with E-state index in [4.69, 9.17) is 10.2 Å². The molecular formula is C13H17NO4. The van der Waals surface area contributed by atoms with Crippen LogP contribution in [0, 0.1) is 0 Å². The number of carboxylic acids is 1. The van der Waals surface area contributed by atoms with Gasteiger partial charge in [0.1, 0.15) is 11.8 Å². The Hall–Kier alpha value is -2.04. The van der Waals surface area contributed by atoms with Crippen LogP contribution in [0.4, 0.5) is 0 Å². The predicted octanol–water partition coefficient (Wildman–Crippen LogP) is 1.30. The molecule has 0 saturated carbocycles. The van der Waals surface area contributed by atoms with Crippen molar-refractivity contribution in [3.05, 3.63) is 29.8 Å². The molecule has 1 aromatic rings. The molecule has 0 bridgehead atoms. The zero-order valence-electron chi connectivity index (χ0n) is 10.2. The van der Waals surface area contributed by atoms with Crippen molar-refractivity contribution in [2.45, 2.75) is 32.2 Å². The SMILES string of the molecule is CCCC(=O)NC(Cc1ccc(O)cc1)C(=O)O. The summed E-state index contributed by atoms with van der Waals surface area (Å²) < 4.78 is 0. The van der Waals surface area contributed by atoms with Crippen LogP contribution in [0.25, 0.3) is 0 Å². The van der Waals surface area contributed by atoms with Crippen LogP contribution in [0.2, 0.25) is 0 Å². The molecule has 1 atom stereocenters. The van der Waals surface area contributed by atoms with Crippen molar-refractivity contribution >= 4 is 11.9 Å². The Morgan fingerprint density at radius 2 is 1.89 bits per heavy atom. The first-order valence-electron chi connectivity index (χ1n) is 5.83. The molecular weight excluding hydrogens is 234 g/mol. The van der Waals surface area contributed by atoms with Gasteiger partial charge in [-0.25, -0.2) is 4.79 Å². The number of aliphatic carboxylic acids is 1. The smallest absolute Gasteiger partial charge is 0.326 e. The van der Waals surface area contributed by atoms with Gasteiger partial charge in [-0.1, -0.05) is 19.1 Å². The third kappa shape index (κ3) is 4.45. The third-order valence-electron chi connectivity index (χ3n) is 2.49. The lowest BCUT2D eigenvalue weighted by Gasteiger charge is -2.14. The van der Waals surface area contributed by atoms with Crippen LogP contribution in [-0.4, -0.2) is 28.1 Å². The number of hydrogen-bond acceptors (Lipinski definition) is 3. The van der Waals surface area contributed by atoms with Gasteiger partial charge in [0.2, 0.25) is 5.91 Å². The molecule has 0 fully saturated rings. The summed E-state index contributed by atoms with van der Waals surface area (Å²) in [7, 11) is 0. The standard InChI is InChI=1S/C13H17NO4/c1-2-3-12(16)14-11(13(17)18)8-9-4-6-10(15)7-5-9/h4-7,11,15H,2-3,8H2,1H3,(H,14,16)(H,17,18). The monoisotopic (exact) mass is 251 g/mol. The van der Waals surface area contributed by atoms with Crippen LogP contribution < -0.4 is 5.32 Å². The van der Waals surface area contributed by atoms with E-state index >= 15 is 0 Å². The minimum absolute atomic E-state index is 0.126. The van der Waals surface area contributed by atoms with Gasteiger partial charge < -0.3 is 15.5 Å². The van der Waals surface area contributed by atoms with Crippen molar-refractivity contribution in [1.82, 2.24) is 5.32 Å². The van der Waals surface area contributed by atoms with Crippen molar-refractivity contribution < 1.29 is 19.8 Å². The average Bonchev–Trinajstić information content (AvgIpc) is 2.31. The van der Waals surface area contributed by atoms with E-state index in [1.54, 1.807) is 12.1 Å². The fourth-order valence-corrected chi connectivity index (χ4v) is 1.56. The number of amides is 1. The molecule has 0 heterocycles. The largest absolute Gasteiger partial charge is 0.508 e. The van der Waals surface area contributed by atoms with E-state index < -0.39 is 12.0 Å². The minimum atomic E-state index is -1.06. The van der Waals surface area contributed by atoms with E-state index in [0.717, 1.165) is 5.56 Å². The fourth-order valence-electron chi connectivity index (χ4n) is 1.56. The lowest BCUT2D eigenvalue weighted by Crippen LogP contribution is -2.42. The summed E-state index contributed by atoms with van der Waals surface area (Å²) in [5.74, 6) is -1.20. The van der Waals surface area contributed by atoms with E-state index in [0.29, 0.717) is 12.8 Å². The van der Waals surface area contributed by atoms with Gasteiger partial charge in [0.15, 0.2) is 0 Å². The Morgan fingerprint density at radius 1 is 1.28 bits per heavy atom. The number of benzene rings is 1. The lowest BCUT2D eigenvalue weighted by atomic mass is 10.1. The summed E-state index contributed by atoms with van der Waals surface area (Å²) in [5.41, 5.74) is 0.747. The molecule has 0 aliphatic carbocycles. The minimum Gasteiger partial charge on any atom is -0.508 e. The lowest BCUT2D eigenvalue weighted by molar-refractivity contribution is -0.141. The van der Waals surface area contributed by atoms with Crippen molar-refractivity contribution in [2.75, 3.05) is 0 Å². The van der Waals surface area contributed by atoms with Crippen LogP contribution >= 0.6 is 0 Å². The van der Waals surface area contributed by atoms with Gasteiger partial charge in [0.25, 0.3) is 0 Å². The second-order valence-electron chi connectivity index (χ2n) is 4.08. The van der Waals surface area contributed by atoms with Crippen molar-refractivity contribution in [2.24, 2.45) is 0 Å². The normalized spacial score (nSPS) is 11.8. The molecule has 0 spiro atoms. The summed E-state index contributed by atoms with van der Waals surface area (Å²) in [6, 6.07) is 5.31. The number of phenolic OH excluding ortho intramolecular Hbond substituents is 1. The molecule has 1 unspecified atom stereocenters. The van der Waals surface area contributed by atoms with Gasteiger partial charge in [0.05, 0.1) is 0 Å². The Labute approximate surface area is 105 Å². The summed E-state index contributed by atoms with van der Waals surface area (Å²) in [6.45, 7) is 1.86. The van der Waals surface area contributed by atoms with E-state index in [-0.39, 0.29) is 18.1 Å². The molecule has 0 aromatic heterocycles. The Kier molecular flexibility index (Phi) is 5.17. The zero-order chi connectivity index (χ0) is 13.5. The topological polar surface area (TPSA) is 86.6 Å². The van der Waals surface area contributed by atoms with Crippen LogP contribution in [0.5, 0.6) is 5.75 Å². The number of carboxylic acid groups (broad SMARTS) is 1. The van der Waals surface area contributed by atoms with Gasteiger partial charge in [-0.05, 0) is 24.1 Å². The first-order chi connectivity index (χ1) is 8.52. The quantitative estimate of drug-likeness (QED) is 0.711. The molecule has 0 saturated heterocycles. The maximum Gasteiger partial charge on any atom is 0.326 e. The molecule has 0 aliphatic heterocycles. The highest BCUT2D eigenvalue weighted by atomic mass is 16.4. The second kappa shape index (κ2) is 6.64. The Balaban J connectivity index is 2.65. The summed E-state index contributed by atoms with van der Waals surface area (Å²) in [4.78, 5) is 22.4. The van der Waals surface area contributed by atoms with Gasteiger partial charge in [-0.2, -0.15) is 0 Å². The molecule has 18 heavy (non-hydrogen) atoms. The van der Waals surface area contributed by atoms with Crippen LogP contribution in [0.1, 0.15) is 25.3 Å². The number of rotatable bonds is 6. The van der Waals surface area contributed by atoms with Gasteiger partial charge >= 0.3 is 5.97 Å². The van der Waals surface area contributed by atoms with E-state index in [9.17, 15) is 9.59 Å². The number of nitrogens with one attached hydrogen (secondary N) is 1. The van der Waals surface area contributed by atoms with Crippen molar-refractivity contribution in [3.63, 3.8) is 0 Å². The third-order valence-corrected chi connectivity index (χ3v) is 2.49. The zero-order valence-corrected chi connectivity index (χ0v) is 10.2. The number of hydrogen-bond donors (Lipinski definition) is 3. The fraction of sp³-hybridized carbons (Fsp3) is 0.385. The molecule has 0 aliphatic rings. The van der Waals surface area contributed by atoms with Crippen LogP contribution in [0.3, 0.4) is 0 Å². The Morgan fingerprint density at radius 3 is 2.39 bits per heavy atom. The van der Waals surface area contributed by atoms with Crippen molar-refractivity contribution in [1.29, 1.82) is 0 Å².